The molecule has 2 nitrogen and oxygen atoms in total. The van der Waals surface area contributed by atoms with Crippen molar-refractivity contribution in [2.45, 2.75) is 13.3 Å². The number of allylic oxidation sites excluding steroid dienone is 3. The average Bonchev–Trinajstić information content (AvgIpc) is 2.30. The Hall–Kier alpha value is -1.83. The minimum Gasteiger partial charge on any atom is -0.507 e. The second-order valence-corrected chi connectivity index (χ2v) is 3.45. The van der Waals surface area contributed by atoms with Crippen LogP contribution in [0, 0.1) is 0 Å². The first-order chi connectivity index (χ1) is 7.31. The number of aromatic hydroxyl groups is 1. The average molecular weight is 199 g/mol. The summed E-state index contributed by atoms with van der Waals surface area (Å²) in [6, 6.07) is 7.30. The molecule has 0 spiro atoms. The van der Waals surface area contributed by atoms with Gasteiger partial charge in [0.05, 0.1) is 5.71 Å². The molecule has 2 rings (SSSR count). The van der Waals surface area contributed by atoms with Gasteiger partial charge < -0.3 is 5.11 Å². The minimum absolute atomic E-state index is 0.294. The maximum absolute atomic E-state index is 9.70. The van der Waals surface area contributed by atoms with Crippen molar-refractivity contribution in [3.05, 3.63) is 53.8 Å². The first kappa shape index (κ1) is 9.71. The molecule has 0 bridgehead atoms. The van der Waals surface area contributed by atoms with Gasteiger partial charge in [-0.3, -0.25) is 4.99 Å². The molecule has 2 heteroatoms. The zero-order valence-electron chi connectivity index (χ0n) is 8.64. The van der Waals surface area contributed by atoms with Crippen LogP contribution in [0.25, 0.3) is 0 Å². The van der Waals surface area contributed by atoms with Crippen molar-refractivity contribution >= 4 is 5.71 Å². The summed E-state index contributed by atoms with van der Waals surface area (Å²) >= 11 is 0. The van der Waals surface area contributed by atoms with Crippen molar-refractivity contribution in [3.63, 3.8) is 0 Å². The lowest BCUT2D eigenvalue weighted by Crippen LogP contribution is -2.04. The van der Waals surface area contributed by atoms with Gasteiger partial charge in [-0.2, -0.15) is 0 Å². The van der Waals surface area contributed by atoms with E-state index < -0.39 is 0 Å². The summed E-state index contributed by atoms with van der Waals surface area (Å²) in [5, 5.41) is 9.70. The van der Waals surface area contributed by atoms with Crippen molar-refractivity contribution in [1.82, 2.24) is 0 Å². The maximum Gasteiger partial charge on any atom is 0.124 e. The molecule has 0 fully saturated rings. The van der Waals surface area contributed by atoms with Gasteiger partial charge in [-0.05, 0) is 30.7 Å². The van der Waals surface area contributed by atoms with Gasteiger partial charge in [0.1, 0.15) is 5.75 Å². The van der Waals surface area contributed by atoms with Gasteiger partial charge in [0, 0.05) is 18.2 Å². The van der Waals surface area contributed by atoms with Crippen LogP contribution in [0.2, 0.25) is 0 Å². The molecule has 0 unspecified atom stereocenters. The van der Waals surface area contributed by atoms with Crippen molar-refractivity contribution in [2.24, 2.45) is 4.99 Å². The fourth-order valence-corrected chi connectivity index (χ4v) is 1.60. The molecule has 0 atom stereocenters. The SMILES string of the molecule is CC=C1C=CN=C(c2ccccc2O)C1. The van der Waals surface area contributed by atoms with Crippen LogP contribution in [-0.4, -0.2) is 10.8 Å². The highest BCUT2D eigenvalue weighted by Crippen LogP contribution is 2.22. The lowest BCUT2D eigenvalue weighted by molar-refractivity contribution is 0.474. The number of nitrogens with zero attached hydrogens (tertiary/aromatic N) is 1. The van der Waals surface area contributed by atoms with Gasteiger partial charge in [0.25, 0.3) is 0 Å². The molecule has 0 saturated heterocycles. The largest absolute Gasteiger partial charge is 0.507 e. The molecular weight excluding hydrogens is 186 g/mol. The van der Waals surface area contributed by atoms with E-state index in [2.05, 4.69) is 11.1 Å². The fourth-order valence-electron chi connectivity index (χ4n) is 1.60. The third-order valence-corrected chi connectivity index (χ3v) is 2.48. The molecule has 1 N–H and O–H groups in total. The van der Waals surface area contributed by atoms with Gasteiger partial charge >= 0.3 is 0 Å². The van der Waals surface area contributed by atoms with Crippen LogP contribution in [0.3, 0.4) is 0 Å². The molecule has 76 valence electrons. The van der Waals surface area contributed by atoms with E-state index in [0.717, 1.165) is 17.7 Å². The van der Waals surface area contributed by atoms with Crippen LogP contribution in [0.5, 0.6) is 5.75 Å². The Morgan fingerprint density at radius 1 is 1.33 bits per heavy atom. The first-order valence-electron chi connectivity index (χ1n) is 4.98. The number of hydrogen-bond acceptors (Lipinski definition) is 2. The number of phenols is 1. The summed E-state index contributed by atoms with van der Waals surface area (Å²) in [7, 11) is 0. The Morgan fingerprint density at radius 2 is 2.13 bits per heavy atom. The zero-order chi connectivity index (χ0) is 10.7. The van der Waals surface area contributed by atoms with Gasteiger partial charge in [0.2, 0.25) is 0 Å². The molecular formula is C13H13NO. The summed E-state index contributed by atoms with van der Waals surface area (Å²) in [5.41, 5.74) is 2.97. The quantitative estimate of drug-likeness (QED) is 0.740. The van der Waals surface area contributed by atoms with Crippen molar-refractivity contribution in [3.8, 4) is 5.75 Å². The standard InChI is InChI=1S/C13H13NO/c1-2-10-7-8-14-12(9-10)11-5-3-4-6-13(11)15/h2-8,15H,9H2,1H3. The van der Waals surface area contributed by atoms with Crippen LogP contribution in [0.4, 0.5) is 0 Å². The van der Waals surface area contributed by atoms with Crippen LogP contribution < -0.4 is 0 Å². The Labute approximate surface area is 89.3 Å². The molecule has 0 radical (unpaired) electrons. The molecule has 1 aromatic rings. The Kier molecular flexibility index (Phi) is 2.68. The van der Waals surface area contributed by atoms with Crippen molar-refractivity contribution < 1.29 is 5.11 Å². The van der Waals surface area contributed by atoms with Gasteiger partial charge in [-0.25, -0.2) is 0 Å². The van der Waals surface area contributed by atoms with E-state index >= 15 is 0 Å². The Balaban J connectivity index is 2.37. The zero-order valence-corrected chi connectivity index (χ0v) is 8.64. The number of para-hydroxylation sites is 1. The van der Waals surface area contributed by atoms with Crippen molar-refractivity contribution in [2.75, 3.05) is 0 Å². The van der Waals surface area contributed by atoms with E-state index in [0.29, 0.717) is 5.75 Å². The number of aliphatic imine (C=N–C) groups is 1. The van der Waals surface area contributed by atoms with Crippen LogP contribution in [0.1, 0.15) is 18.9 Å². The molecule has 0 saturated carbocycles. The number of hydrogen-bond donors (Lipinski definition) is 1. The highest BCUT2D eigenvalue weighted by Gasteiger charge is 2.11. The fraction of sp³-hybridized carbons (Fsp3) is 0.154. The predicted octanol–water partition coefficient (Wildman–Crippen LogP) is 3.05. The topological polar surface area (TPSA) is 32.6 Å². The molecule has 1 heterocycles. The molecule has 1 aliphatic rings. The first-order valence-corrected chi connectivity index (χ1v) is 4.98. The normalized spacial score (nSPS) is 17.9. The van der Waals surface area contributed by atoms with E-state index in [1.807, 2.05) is 31.2 Å². The van der Waals surface area contributed by atoms with E-state index in [1.165, 1.54) is 5.57 Å². The van der Waals surface area contributed by atoms with E-state index in [1.54, 1.807) is 12.3 Å². The van der Waals surface area contributed by atoms with Gasteiger partial charge in [0.15, 0.2) is 0 Å². The predicted molar refractivity (Wildman–Crippen MR) is 62.2 cm³/mol. The summed E-state index contributed by atoms with van der Waals surface area (Å²) in [6.45, 7) is 2.01. The summed E-state index contributed by atoms with van der Waals surface area (Å²) in [5.74, 6) is 0.294. The van der Waals surface area contributed by atoms with E-state index in [9.17, 15) is 5.11 Å². The van der Waals surface area contributed by atoms with Crippen molar-refractivity contribution in [1.29, 1.82) is 0 Å². The lowest BCUT2D eigenvalue weighted by atomic mass is 9.99. The molecule has 0 amide bonds. The number of rotatable bonds is 1. The smallest absolute Gasteiger partial charge is 0.124 e. The summed E-state index contributed by atoms with van der Waals surface area (Å²) in [6.07, 6.45) is 6.61. The summed E-state index contributed by atoms with van der Waals surface area (Å²) in [4.78, 5) is 4.29. The second kappa shape index (κ2) is 4.13. The highest BCUT2D eigenvalue weighted by atomic mass is 16.3. The van der Waals surface area contributed by atoms with Crippen LogP contribution >= 0.6 is 0 Å². The van der Waals surface area contributed by atoms with Gasteiger partial charge in [-0.1, -0.05) is 18.2 Å². The van der Waals surface area contributed by atoms with E-state index in [-0.39, 0.29) is 0 Å². The molecule has 15 heavy (non-hydrogen) atoms. The molecule has 0 aromatic heterocycles. The van der Waals surface area contributed by atoms with E-state index in [4.69, 9.17) is 0 Å². The second-order valence-electron chi connectivity index (χ2n) is 3.45. The highest BCUT2D eigenvalue weighted by molar-refractivity contribution is 6.05. The lowest BCUT2D eigenvalue weighted by Gasteiger charge is -2.11. The molecule has 1 aliphatic heterocycles. The Morgan fingerprint density at radius 3 is 2.87 bits per heavy atom. The van der Waals surface area contributed by atoms with Gasteiger partial charge in [-0.15, -0.1) is 0 Å². The monoisotopic (exact) mass is 199 g/mol. The molecule has 1 aromatic carbocycles. The maximum atomic E-state index is 9.70. The number of benzene rings is 1. The Bertz CT molecular complexity index is 455. The summed E-state index contributed by atoms with van der Waals surface area (Å²) < 4.78 is 0. The third kappa shape index (κ3) is 1.99. The van der Waals surface area contributed by atoms with Crippen LogP contribution in [0.15, 0.2) is 53.2 Å². The minimum atomic E-state index is 0.294. The number of phenolic OH excluding ortho intramolecular Hbond substituents is 1. The third-order valence-electron chi connectivity index (χ3n) is 2.48. The van der Waals surface area contributed by atoms with Crippen LogP contribution in [-0.2, 0) is 0 Å². The molecule has 0 aliphatic carbocycles.